The van der Waals surface area contributed by atoms with Gasteiger partial charge in [-0.05, 0) is 24.5 Å². The van der Waals surface area contributed by atoms with E-state index in [9.17, 15) is 14.4 Å². The second-order valence-corrected chi connectivity index (χ2v) is 5.72. The van der Waals surface area contributed by atoms with E-state index in [4.69, 9.17) is 19.6 Å². The molecule has 0 radical (unpaired) electrons. The van der Waals surface area contributed by atoms with Gasteiger partial charge < -0.3 is 19.6 Å². The fourth-order valence-electron chi connectivity index (χ4n) is 2.58. The molecule has 0 saturated heterocycles. The lowest BCUT2D eigenvalue weighted by Gasteiger charge is -2.13. The molecule has 7 heteroatoms. The van der Waals surface area contributed by atoms with Gasteiger partial charge in [-0.2, -0.15) is 0 Å². The molecule has 0 aliphatic carbocycles. The molecule has 1 heterocycles. The van der Waals surface area contributed by atoms with Crippen LogP contribution in [0.5, 0.6) is 11.5 Å². The normalized spacial score (nSPS) is 10.7. The minimum atomic E-state index is -0.645. The molecule has 7 nitrogen and oxygen atoms in total. The summed E-state index contributed by atoms with van der Waals surface area (Å²) in [5.41, 5.74) is 6.16. The molecule has 2 N–H and O–H groups in total. The molecule has 0 amide bonds. The Hall–Kier alpha value is -2.83. The summed E-state index contributed by atoms with van der Waals surface area (Å²) in [5, 5.41) is 0.556. The number of aryl methyl sites for hydroxylation is 1. The average molecular weight is 347 g/mol. The van der Waals surface area contributed by atoms with Crippen LogP contribution in [0.15, 0.2) is 21.3 Å². The zero-order valence-corrected chi connectivity index (χ0v) is 14.5. The number of hydrogen-bond acceptors (Lipinski definition) is 7. The van der Waals surface area contributed by atoms with Crippen LogP contribution in [-0.4, -0.2) is 11.9 Å². The molecule has 0 fully saturated rings. The Labute approximate surface area is 144 Å². The maximum Gasteiger partial charge on any atom is 0.359 e. The van der Waals surface area contributed by atoms with Gasteiger partial charge in [-0.3, -0.25) is 9.59 Å². The molecule has 0 bridgehead atoms. The van der Waals surface area contributed by atoms with Gasteiger partial charge in [0.15, 0.2) is 11.5 Å². The Kier molecular flexibility index (Phi) is 5.80. The van der Waals surface area contributed by atoms with Crippen LogP contribution in [0, 0.1) is 0 Å². The van der Waals surface area contributed by atoms with Crippen molar-refractivity contribution in [1.29, 1.82) is 0 Å². The summed E-state index contributed by atoms with van der Waals surface area (Å²) in [7, 11) is 0. The minimum Gasteiger partial charge on any atom is -0.423 e. The van der Waals surface area contributed by atoms with E-state index in [2.05, 4.69) is 6.92 Å². The van der Waals surface area contributed by atoms with E-state index in [1.54, 1.807) is 0 Å². The number of esters is 2. The summed E-state index contributed by atoms with van der Waals surface area (Å²) in [5.74, 6) is -1.08. The van der Waals surface area contributed by atoms with Crippen molar-refractivity contribution in [3.05, 3.63) is 28.1 Å². The summed E-state index contributed by atoms with van der Waals surface area (Å²) in [6.45, 7) is 4.53. The van der Waals surface area contributed by atoms with Crippen molar-refractivity contribution in [3.63, 3.8) is 0 Å². The van der Waals surface area contributed by atoms with Crippen molar-refractivity contribution in [2.75, 3.05) is 5.73 Å². The van der Waals surface area contributed by atoms with Gasteiger partial charge in [-0.25, -0.2) is 4.79 Å². The van der Waals surface area contributed by atoms with E-state index in [1.165, 1.54) is 26.0 Å². The molecule has 1 aromatic heterocycles. The Morgan fingerprint density at radius 2 is 1.68 bits per heavy atom. The lowest BCUT2D eigenvalue weighted by molar-refractivity contribution is -0.134. The fraction of sp³-hybridized carbons (Fsp3) is 0.389. The van der Waals surface area contributed by atoms with Crippen LogP contribution in [0.3, 0.4) is 0 Å². The number of ether oxygens (including phenoxy) is 2. The van der Waals surface area contributed by atoms with Gasteiger partial charge in [-0.15, -0.1) is 0 Å². The quantitative estimate of drug-likeness (QED) is 0.370. The average Bonchev–Trinajstić information content (AvgIpc) is 2.51. The van der Waals surface area contributed by atoms with Crippen LogP contribution in [-0.2, 0) is 16.0 Å². The molecule has 0 atom stereocenters. The van der Waals surface area contributed by atoms with E-state index in [0.717, 1.165) is 19.3 Å². The molecule has 2 rings (SSSR count). The number of anilines is 1. The van der Waals surface area contributed by atoms with E-state index >= 15 is 0 Å². The SMILES string of the molecule is CCCCCc1c(N)c(=O)oc2cc(OC(C)=O)c(OC(C)=O)cc12. The van der Waals surface area contributed by atoms with Crippen LogP contribution < -0.4 is 20.8 Å². The third-order valence-corrected chi connectivity index (χ3v) is 3.66. The van der Waals surface area contributed by atoms with E-state index in [1.807, 2.05) is 0 Å². The molecule has 134 valence electrons. The summed E-state index contributed by atoms with van der Waals surface area (Å²) < 4.78 is 15.4. The summed E-state index contributed by atoms with van der Waals surface area (Å²) in [6, 6.07) is 2.87. The number of nitrogen functional groups attached to an aromatic ring is 1. The number of carbonyl (C=O) groups excluding carboxylic acids is 2. The van der Waals surface area contributed by atoms with Crippen LogP contribution in [0.1, 0.15) is 45.6 Å². The zero-order valence-electron chi connectivity index (χ0n) is 14.5. The van der Waals surface area contributed by atoms with Crippen LogP contribution in [0.25, 0.3) is 11.0 Å². The Morgan fingerprint density at radius 1 is 1.08 bits per heavy atom. The summed E-state index contributed by atoms with van der Waals surface area (Å²) >= 11 is 0. The van der Waals surface area contributed by atoms with Crippen LogP contribution >= 0.6 is 0 Å². The molecule has 0 unspecified atom stereocenters. The predicted octanol–water partition coefficient (Wildman–Crippen LogP) is 2.96. The molecule has 0 spiro atoms. The maximum atomic E-state index is 12.0. The lowest BCUT2D eigenvalue weighted by Crippen LogP contribution is -2.12. The smallest absolute Gasteiger partial charge is 0.359 e. The first-order valence-electron chi connectivity index (χ1n) is 8.09. The third kappa shape index (κ3) is 4.37. The summed E-state index contributed by atoms with van der Waals surface area (Å²) in [4.78, 5) is 34.6. The number of fused-ring (bicyclic) bond motifs is 1. The van der Waals surface area contributed by atoms with Gasteiger partial charge in [0.05, 0.1) is 0 Å². The molecule has 0 aliphatic rings. The van der Waals surface area contributed by atoms with Gasteiger partial charge in [-0.1, -0.05) is 19.8 Å². The van der Waals surface area contributed by atoms with Crippen molar-refractivity contribution in [1.82, 2.24) is 0 Å². The second-order valence-electron chi connectivity index (χ2n) is 5.72. The number of nitrogens with two attached hydrogens (primary N) is 1. The standard InChI is InChI=1S/C18H21NO6/c1-4-5-6-7-12-13-8-15(23-10(2)20)16(24-11(3)21)9-14(13)25-18(22)17(12)19/h8-9H,4-7,19H2,1-3H3. The van der Waals surface area contributed by atoms with Crippen molar-refractivity contribution < 1.29 is 23.5 Å². The molecule has 25 heavy (non-hydrogen) atoms. The van der Waals surface area contributed by atoms with Gasteiger partial charge in [0.1, 0.15) is 11.3 Å². The Morgan fingerprint density at radius 3 is 2.24 bits per heavy atom. The van der Waals surface area contributed by atoms with Gasteiger partial charge in [0.25, 0.3) is 0 Å². The Balaban J connectivity index is 2.66. The number of benzene rings is 1. The maximum absolute atomic E-state index is 12.0. The van der Waals surface area contributed by atoms with Crippen molar-refractivity contribution >= 4 is 28.6 Å². The predicted molar refractivity (Wildman–Crippen MR) is 92.7 cm³/mol. The highest BCUT2D eigenvalue weighted by atomic mass is 16.6. The van der Waals surface area contributed by atoms with Crippen molar-refractivity contribution in [2.24, 2.45) is 0 Å². The van der Waals surface area contributed by atoms with E-state index in [0.29, 0.717) is 17.4 Å². The molecule has 0 aliphatic heterocycles. The molecule has 1 aromatic carbocycles. The first kappa shape index (κ1) is 18.5. The first-order valence-corrected chi connectivity index (χ1v) is 8.09. The lowest BCUT2D eigenvalue weighted by atomic mass is 10.0. The largest absolute Gasteiger partial charge is 0.423 e. The number of rotatable bonds is 6. The monoisotopic (exact) mass is 347 g/mol. The third-order valence-electron chi connectivity index (χ3n) is 3.66. The minimum absolute atomic E-state index is 0.00243. The van der Waals surface area contributed by atoms with Crippen LogP contribution in [0.4, 0.5) is 5.69 Å². The highest BCUT2D eigenvalue weighted by Crippen LogP contribution is 2.35. The highest BCUT2D eigenvalue weighted by Gasteiger charge is 2.18. The summed E-state index contributed by atoms with van der Waals surface area (Å²) in [6.07, 6.45) is 3.46. The van der Waals surface area contributed by atoms with E-state index < -0.39 is 17.6 Å². The molecule has 0 saturated carbocycles. The molecule has 2 aromatic rings. The number of hydrogen-bond donors (Lipinski definition) is 1. The van der Waals surface area contributed by atoms with Gasteiger partial charge >= 0.3 is 17.6 Å². The molecular weight excluding hydrogens is 326 g/mol. The fourth-order valence-corrected chi connectivity index (χ4v) is 2.58. The zero-order chi connectivity index (χ0) is 18.6. The number of carbonyl (C=O) groups is 2. The topological polar surface area (TPSA) is 109 Å². The first-order chi connectivity index (χ1) is 11.8. The van der Waals surface area contributed by atoms with Crippen LogP contribution in [0.2, 0.25) is 0 Å². The molecular formula is C18H21NO6. The number of unbranched alkanes of at least 4 members (excludes halogenated alkanes) is 2. The van der Waals surface area contributed by atoms with Gasteiger partial charge in [0.2, 0.25) is 0 Å². The van der Waals surface area contributed by atoms with Crippen molar-refractivity contribution in [3.8, 4) is 11.5 Å². The van der Waals surface area contributed by atoms with Gasteiger partial charge in [0, 0.05) is 25.3 Å². The van der Waals surface area contributed by atoms with Crippen molar-refractivity contribution in [2.45, 2.75) is 46.5 Å². The van der Waals surface area contributed by atoms with E-state index in [-0.39, 0.29) is 22.8 Å². The second kappa shape index (κ2) is 7.83. The highest BCUT2D eigenvalue weighted by molar-refractivity contribution is 5.89. The Bertz CT molecular complexity index is 868.